The highest BCUT2D eigenvalue weighted by Gasteiger charge is 2.26. The van der Waals surface area contributed by atoms with Gasteiger partial charge in [-0.15, -0.1) is 0 Å². The van der Waals surface area contributed by atoms with Crippen molar-refractivity contribution >= 4 is 11.6 Å². The summed E-state index contributed by atoms with van der Waals surface area (Å²) in [5, 5.41) is 0.852. The number of rotatable bonds is 3. The minimum atomic E-state index is 0.827. The van der Waals surface area contributed by atoms with Gasteiger partial charge in [0.1, 0.15) is 0 Å². The first-order valence-corrected chi connectivity index (χ1v) is 8.79. The van der Waals surface area contributed by atoms with Crippen LogP contribution in [0.3, 0.4) is 0 Å². The minimum Gasteiger partial charge on any atom is -0.300 e. The van der Waals surface area contributed by atoms with Crippen molar-refractivity contribution in [2.45, 2.75) is 45.2 Å². The van der Waals surface area contributed by atoms with Gasteiger partial charge in [0.05, 0.1) is 0 Å². The molecule has 0 N–H and O–H groups in total. The fourth-order valence-corrected chi connectivity index (χ4v) is 3.94. The number of nitrogens with zero attached hydrogens (tertiary/aromatic N) is 2. The molecule has 0 atom stereocenters. The maximum atomic E-state index is 6.07. The van der Waals surface area contributed by atoms with Crippen LogP contribution in [-0.2, 0) is 6.54 Å². The van der Waals surface area contributed by atoms with E-state index in [0.717, 1.165) is 23.5 Å². The van der Waals surface area contributed by atoms with Crippen molar-refractivity contribution in [1.29, 1.82) is 0 Å². The molecular formula is C18H27ClN2. The van der Waals surface area contributed by atoms with Gasteiger partial charge in [-0.1, -0.05) is 30.7 Å². The molecule has 2 nitrogen and oxygen atoms in total. The maximum absolute atomic E-state index is 6.07. The molecule has 1 aromatic carbocycles. The van der Waals surface area contributed by atoms with Gasteiger partial charge in [0.25, 0.3) is 0 Å². The molecule has 0 amide bonds. The Morgan fingerprint density at radius 2 is 1.76 bits per heavy atom. The predicted octanol–water partition coefficient (Wildman–Crippen LogP) is 4.04. The van der Waals surface area contributed by atoms with Crippen LogP contribution in [0.25, 0.3) is 0 Å². The Kier molecular flexibility index (Phi) is 5.20. The van der Waals surface area contributed by atoms with E-state index in [1.165, 1.54) is 57.4 Å². The fraction of sp³-hybridized carbons (Fsp3) is 0.667. The Balaban J connectivity index is 1.47. The quantitative estimate of drug-likeness (QED) is 0.831. The minimum absolute atomic E-state index is 0.827. The molecule has 3 rings (SSSR count). The van der Waals surface area contributed by atoms with Crippen LogP contribution in [0.4, 0.5) is 0 Å². The van der Waals surface area contributed by atoms with Gasteiger partial charge in [-0.3, -0.25) is 4.90 Å². The van der Waals surface area contributed by atoms with Crippen molar-refractivity contribution in [1.82, 2.24) is 9.80 Å². The van der Waals surface area contributed by atoms with Crippen LogP contribution in [0.5, 0.6) is 0 Å². The molecule has 0 radical (unpaired) electrons. The van der Waals surface area contributed by atoms with Crippen molar-refractivity contribution in [2.24, 2.45) is 5.92 Å². The van der Waals surface area contributed by atoms with Gasteiger partial charge in [0.15, 0.2) is 0 Å². The van der Waals surface area contributed by atoms with E-state index in [1.807, 2.05) is 6.07 Å². The average molecular weight is 307 g/mol. The van der Waals surface area contributed by atoms with E-state index in [2.05, 4.69) is 34.9 Å². The third kappa shape index (κ3) is 4.21. The number of benzene rings is 1. The summed E-state index contributed by atoms with van der Waals surface area (Å²) in [6.07, 6.45) is 5.44. The highest BCUT2D eigenvalue weighted by Crippen LogP contribution is 2.24. The molecule has 0 aliphatic carbocycles. The third-order valence-electron chi connectivity index (χ3n) is 5.19. The molecule has 21 heavy (non-hydrogen) atoms. The number of piperidine rings is 2. The van der Waals surface area contributed by atoms with Crippen LogP contribution < -0.4 is 0 Å². The second-order valence-corrected chi connectivity index (χ2v) is 7.29. The molecule has 2 aliphatic heterocycles. The van der Waals surface area contributed by atoms with Crippen molar-refractivity contribution < 1.29 is 0 Å². The molecule has 0 spiro atoms. The molecule has 0 aromatic heterocycles. The molecule has 0 unspecified atom stereocenters. The normalized spacial score (nSPS) is 23.5. The largest absolute Gasteiger partial charge is 0.300 e. The van der Waals surface area contributed by atoms with Gasteiger partial charge in [0.2, 0.25) is 0 Å². The summed E-state index contributed by atoms with van der Waals surface area (Å²) >= 11 is 6.07. The Morgan fingerprint density at radius 1 is 1.05 bits per heavy atom. The Bertz CT molecular complexity index is 446. The van der Waals surface area contributed by atoms with Crippen LogP contribution in [-0.4, -0.2) is 42.0 Å². The molecule has 1 aromatic rings. The second-order valence-electron chi connectivity index (χ2n) is 6.86. The summed E-state index contributed by atoms with van der Waals surface area (Å²) in [5.41, 5.74) is 1.34. The van der Waals surface area contributed by atoms with Crippen LogP contribution in [0, 0.1) is 5.92 Å². The highest BCUT2D eigenvalue weighted by molar-refractivity contribution is 6.30. The summed E-state index contributed by atoms with van der Waals surface area (Å²) in [6, 6.07) is 9.12. The van der Waals surface area contributed by atoms with E-state index in [1.54, 1.807) is 0 Å². The Hall–Kier alpha value is -0.570. The van der Waals surface area contributed by atoms with E-state index >= 15 is 0 Å². The summed E-state index contributed by atoms with van der Waals surface area (Å²) in [4.78, 5) is 5.32. The molecule has 2 heterocycles. The zero-order valence-corrected chi connectivity index (χ0v) is 13.9. The highest BCUT2D eigenvalue weighted by atomic mass is 35.5. The van der Waals surface area contributed by atoms with Crippen LogP contribution in [0.15, 0.2) is 24.3 Å². The molecule has 2 aliphatic rings. The monoisotopic (exact) mass is 306 g/mol. The third-order valence-corrected chi connectivity index (χ3v) is 5.42. The topological polar surface area (TPSA) is 6.48 Å². The SMILES string of the molecule is CC1CCN(C2CCN(Cc3cccc(Cl)c3)CC2)CC1. The van der Waals surface area contributed by atoms with Crippen LogP contribution in [0.1, 0.15) is 38.2 Å². The van der Waals surface area contributed by atoms with Crippen molar-refractivity contribution in [3.8, 4) is 0 Å². The Labute approximate surface area is 134 Å². The first-order chi connectivity index (χ1) is 10.2. The zero-order valence-electron chi connectivity index (χ0n) is 13.1. The zero-order chi connectivity index (χ0) is 14.7. The predicted molar refractivity (Wildman–Crippen MR) is 89.7 cm³/mol. The number of likely N-dealkylation sites (tertiary alicyclic amines) is 2. The molecule has 0 bridgehead atoms. The van der Waals surface area contributed by atoms with Gasteiger partial charge in [-0.2, -0.15) is 0 Å². The van der Waals surface area contributed by atoms with E-state index in [4.69, 9.17) is 11.6 Å². The van der Waals surface area contributed by atoms with Crippen molar-refractivity contribution in [2.75, 3.05) is 26.2 Å². The maximum Gasteiger partial charge on any atom is 0.0409 e. The number of halogens is 1. The lowest BCUT2D eigenvalue weighted by Gasteiger charge is -2.41. The lowest BCUT2D eigenvalue weighted by atomic mass is 9.95. The first kappa shape index (κ1) is 15.3. The number of hydrogen-bond acceptors (Lipinski definition) is 2. The van der Waals surface area contributed by atoms with Gasteiger partial charge in [-0.25, -0.2) is 0 Å². The summed E-state index contributed by atoms with van der Waals surface area (Å²) in [7, 11) is 0. The van der Waals surface area contributed by atoms with Gasteiger partial charge < -0.3 is 4.90 Å². The summed E-state index contributed by atoms with van der Waals surface area (Å²) in [5.74, 6) is 0.934. The van der Waals surface area contributed by atoms with E-state index in [0.29, 0.717) is 0 Å². The molecule has 0 saturated carbocycles. The molecular weight excluding hydrogens is 280 g/mol. The van der Waals surface area contributed by atoms with Gasteiger partial charge in [-0.05, 0) is 75.5 Å². The van der Waals surface area contributed by atoms with Crippen LogP contribution >= 0.6 is 11.6 Å². The lowest BCUT2D eigenvalue weighted by molar-refractivity contribution is 0.0779. The molecule has 3 heteroatoms. The van der Waals surface area contributed by atoms with E-state index in [9.17, 15) is 0 Å². The van der Waals surface area contributed by atoms with E-state index < -0.39 is 0 Å². The van der Waals surface area contributed by atoms with E-state index in [-0.39, 0.29) is 0 Å². The molecule has 2 fully saturated rings. The molecule has 116 valence electrons. The first-order valence-electron chi connectivity index (χ1n) is 8.41. The summed E-state index contributed by atoms with van der Waals surface area (Å²) < 4.78 is 0. The van der Waals surface area contributed by atoms with Crippen molar-refractivity contribution in [3.63, 3.8) is 0 Å². The van der Waals surface area contributed by atoms with Gasteiger partial charge in [0, 0.05) is 17.6 Å². The summed E-state index contributed by atoms with van der Waals surface area (Å²) in [6.45, 7) is 8.53. The molecule has 2 saturated heterocycles. The standard InChI is InChI=1S/C18H27ClN2/c1-15-5-11-21(12-6-15)18-7-9-20(10-8-18)14-16-3-2-4-17(19)13-16/h2-4,13,15,18H,5-12,14H2,1H3. The lowest BCUT2D eigenvalue weighted by Crippen LogP contribution is -2.47. The van der Waals surface area contributed by atoms with Crippen molar-refractivity contribution in [3.05, 3.63) is 34.9 Å². The smallest absolute Gasteiger partial charge is 0.0409 e. The fourth-order valence-electron chi connectivity index (χ4n) is 3.73. The average Bonchev–Trinajstić information content (AvgIpc) is 2.49. The second kappa shape index (κ2) is 7.13. The van der Waals surface area contributed by atoms with Gasteiger partial charge >= 0.3 is 0 Å². The number of hydrogen-bond donors (Lipinski definition) is 0. The van der Waals surface area contributed by atoms with Crippen LogP contribution in [0.2, 0.25) is 5.02 Å². The Morgan fingerprint density at radius 3 is 2.43 bits per heavy atom.